The maximum absolute atomic E-state index is 14.5. The Morgan fingerprint density at radius 1 is 1.05 bits per heavy atom. The highest BCUT2D eigenvalue weighted by molar-refractivity contribution is 7.92. The van der Waals surface area contributed by atoms with Crippen molar-refractivity contribution in [1.82, 2.24) is 4.90 Å². The van der Waals surface area contributed by atoms with Gasteiger partial charge in [0.15, 0.2) is 0 Å². The van der Waals surface area contributed by atoms with Crippen molar-refractivity contribution in [3.8, 4) is 0 Å². The molecule has 0 unspecified atom stereocenters. The molecule has 7 nitrogen and oxygen atoms in total. The minimum atomic E-state index is -3.93. The number of piperazine rings is 1. The van der Waals surface area contributed by atoms with Crippen molar-refractivity contribution in [3.63, 3.8) is 0 Å². The topological polar surface area (TPSA) is 87.0 Å². The smallest absolute Gasteiger partial charge is 0.314 e. The highest BCUT2D eigenvalue weighted by Crippen LogP contribution is 2.41. The van der Waals surface area contributed by atoms with Crippen molar-refractivity contribution in [2.45, 2.75) is 24.8 Å². The molecular formula is C28H28ClFN4O3S. The molecular weight excluding hydrogens is 527 g/mol. The van der Waals surface area contributed by atoms with E-state index in [1.165, 1.54) is 10.4 Å². The van der Waals surface area contributed by atoms with E-state index in [9.17, 15) is 17.6 Å². The summed E-state index contributed by atoms with van der Waals surface area (Å²) in [7, 11) is -3.93. The van der Waals surface area contributed by atoms with Crippen LogP contribution in [0.3, 0.4) is 0 Å². The van der Waals surface area contributed by atoms with Gasteiger partial charge in [-0.25, -0.2) is 17.6 Å². The first kappa shape index (κ1) is 26.1. The van der Waals surface area contributed by atoms with Gasteiger partial charge in [0.05, 0.1) is 33.9 Å². The maximum Gasteiger partial charge on any atom is 0.314 e. The van der Waals surface area contributed by atoms with Gasteiger partial charge in [-0.1, -0.05) is 41.9 Å². The molecule has 2 heterocycles. The number of nitrogens with zero attached hydrogens (tertiary/aromatic N) is 3. The van der Waals surface area contributed by atoms with Gasteiger partial charge in [0.2, 0.25) is 0 Å². The Balaban J connectivity index is 1.62. The first-order valence-electron chi connectivity index (χ1n) is 12.2. The summed E-state index contributed by atoms with van der Waals surface area (Å²) in [5.41, 5.74) is 9.27. The van der Waals surface area contributed by atoms with E-state index >= 15 is 0 Å². The lowest BCUT2D eigenvalue weighted by molar-refractivity contribution is 0.194. The second kappa shape index (κ2) is 9.96. The Morgan fingerprint density at radius 2 is 1.82 bits per heavy atom. The van der Waals surface area contributed by atoms with E-state index in [-0.39, 0.29) is 17.5 Å². The number of urea groups is 1. The standard InChI is InChI=1S/C28H28ClFN4O3S/c1-18-5-3-6-22(13-18)38(36,37)34-17-21-16-32(28(31)35)11-12-33(21)25-10-9-20(15-26(25)34)14-19(2)27-23(29)7-4-8-24(27)30/h3-10,13-15,21H,11-12,16-17H2,1-2H3,(H2,31,35)/b19-14+/t21-/m0/s1. The number of nitrogens with two attached hydrogens (primary N) is 1. The van der Waals surface area contributed by atoms with Crippen LogP contribution in [-0.4, -0.2) is 51.6 Å². The molecule has 0 aromatic heterocycles. The molecule has 1 atom stereocenters. The van der Waals surface area contributed by atoms with E-state index in [1.54, 1.807) is 54.3 Å². The SMILES string of the molecule is C/C(=C\c1ccc2c(c1)N(S(=O)(=O)c1cccc(C)c1)C[C@@H]1CN(C(N)=O)CCN21)c1c(F)cccc1Cl. The number of fused-ring (bicyclic) bond motifs is 3. The number of aryl methyl sites for hydroxylation is 1. The van der Waals surface area contributed by atoms with Crippen LogP contribution in [0.1, 0.15) is 23.6 Å². The normalized spacial score (nSPS) is 17.7. The Labute approximate surface area is 227 Å². The van der Waals surface area contributed by atoms with Gasteiger partial charge in [-0.3, -0.25) is 4.31 Å². The molecule has 0 saturated carbocycles. The average Bonchev–Trinajstić information content (AvgIpc) is 2.87. The number of carbonyl (C=O) groups is 1. The number of carbonyl (C=O) groups excluding carboxylic acids is 1. The zero-order valence-corrected chi connectivity index (χ0v) is 22.6. The second-order valence-electron chi connectivity index (χ2n) is 9.66. The molecule has 1 fully saturated rings. The molecule has 5 rings (SSSR count). The van der Waals surface area contributed by atoms with Gasteiger partial charge >= 0.3 is 6.03 Å². The van der Waals surface area contributed by atoms with Crippen LogP contribution in [0.4, 0.5) is 20.6 Å². The van der Waals surface area contributed by atoms with Gasteiger partial charge in [-0.15, -0.1) is 0 Å². The van der Waals surface area contributed by atoms with Gasteiger partial charge in [0, 0.05) is 25.2 Å². The number of benzene rings is 3. The van der Waals surface area contributed by atoms with Crippen molar-refractivity contribution in [3.05, 3.63) is 88.2 Å². The van der Waals surface area contributed by atoms with Crippen LogP contribution >= 0.6 is 11.6 Å². The largest absolute Gasteiger partial charge is 0.361 e. The lowest BCUT2D eigenvalue weighted by Crippen LogP contribution is -2.62. The first-order valence-corrected chi connectivity index (χ1v) is 14.1. The molecule has 0 aliphatic carbocycles. The predicted molar refractivity (Wildman–Crippen MR) is 149 cm³/mol. The van der Waals surface area contributed by atoms with Gasteiger partial charge in [0.25, 0.3) is 10.0 Å². The van der Waals surface area contributed by atoms with Crippen LogP contribution in [0.2, 0.25) is 5.02 Å². The highest BCUT2D eigenvalue weighted by atomic mass is 35.5. The monoisotopic (exact) mass is 554 g/mol. The number of hydrogen-bond donors (Lipinski definition) is 1. The Kier molecular flexibility index (Phi) is 6.83. The summed E-state index contributed by atoms with van der Waals surface area (Å²) in [4.78, 5) is 15.7. The lowest BCUT2D eigenvalue weighted by atomic mass is 10.0. The molecule has 10 heteroatoms. The Morgan fingerprint density at radius 3 is 2.53 bits per heavy atom. The quantitative estimate of drug-likeness (QED) is 0.453. The molecule has 198 valence electrons. The molecule has 3 aromatic carbocycles. The molecule has 2 aliphatic heterocycles. The number of primary amides is 1. The number of halogens is 2. The third kappa shape index (κ3) is 4.72. The molecule has 0 spiro atoms. The van der Waals surface area contributed by atoms with Gasteiger partial charge in [-0.2, -0.15) is 0 Å². The number of allylic oxidation sites excluding steroid dienone is 1. The second-order valence-corrected chi connectivity index (χ2v) is 11.9. The molecule has 3 aromatic rings. The summed E-state index contributed by atoms with van der Waals surface area (Å²) in [5.74, 6) is -0.428. The van der Waals surface area contributed by atoms with E-state index < -0.39 is 21.9 Å². The minimum absolute atomic E-state index is 0.151. The molecule has 0 radical (unpaired) electrons. The third-order valence-electron chi connectivity index (χ3n) is 7.07. The average molecular weight is 555 g/mol. The number of sulfonamides is 1. The van der Waals surface area contributed by atoms with E-state index in [0.29, 0.717) is 47.0 Å². The van der Waals surface area contributed by atoms with Gasteiger partial charge < -0.3 is 15.5 Å². The third-order valence-corrected chi connectivity index (χ3v) is 9.16. The zero-order chi connectivity index (χ0) is 27.2. The summed E-state index contributed by atoms with van der Waals surface area (Å²) in [6.07, 6.45) is 1.79. The number of amides is 2. The van der Waals surface area contributed by atoms with Crippen LogP contribution < -0.4 is 14.9 Å². The fraction of sp³-hybridized carbons (Fsp3) is 0.250. The summed E-state index contributed by atoms with van der Waals surface area (Å²) in [6, 6.07) is 16.1. The van der Waals surface area contributed by atoms with Crippen molar-refractivity contribution in [1.29, 1.82) is 0 Å². The molecule has 0 bridgehead atoms. The fourth-order valence-corrected chi connectivity index (χ4v) is 7.14. The molecule has 2 N–H and O–H groups in total. The van der Waals surface area contributed by atoms with Crippen molar-refractivity contribution in [2.75, 3.05) is 35.4 Å². The summed E-state index contributed by atoms with van der Waals surface area (Å²) in [5, 5.41) is 0.301. The number of hydrogen-bond acceptors (Lipinski definition) is 4. The van der Waals surface area contributed by atoms with Gasteiger partial charge in [0.1, 0.15) is 5.82 Å². The molecule has 2 aliphatic rings. The highest BCUT2D eigenvalue weighted by Gasteiger charge is 2.40. The van der Waals surface area contributed by atoms with Crippen LogP contribution in [0.15, 0.2) is 65.6 Å². The van der Waals surface area contributed by atoms with Crippen molar-refractivity contribution in [2.24, 2.45) is 5.73 Å². The van der Waals surface area contributed by atoms with Crippen LogP contribution in [0.5, 0.6) is 0 Å². The number of rotatable bonds is 4. The van der Waals surface area contributed by atoms with E-state index in [0.717, 1.165) is 11.3 Å². The number of anilines is 2. The Bertz CT molecular complexity index is 1540. The zero-order valence-electron chi connectivity index (χ0n) is 21.1. The Hall–Kier alpha value is -3.56. The molecule has 38 heavy (non-hydrogen) atoms. The summed E-state index contributed by atoms with van der Waals surface area (Å²) in [6.45, 7) is 5.06. The molecule has 1 saturated heterocycles. The predicted octanol–water partition coefficient (Wildman–Crippen LogP) is 5.13. The van der Waals surface area contributed by atoms with Crippen LogP contribution in [-0.2, 0) is 10.0 Å². The van der Waals surface area contributed by atoms with Crippen LogP contribution in [0, 0.1) is 12.7 Å². The van der Waals surface area contributed by atoms with Crippen LogP contribution in [0.25, 0.3) is 11.6 Å². The lowest BCUT2D eigenvalue weighted by Gasteiger charge is -2.48. The minimum Gasteiger partial charge on any atom is -0.361 e. The first-order chi connectivity index (χ1) is 18.1. The molecule has 2 amide bonds. The fourth-order valence-electron chi connectivity index (χ4n) is 5.22. The van der Waals surface area contributed by atoms with Crippen molar-refractivity contribution >= 4 is 50.7 Å². The summed E-state index contributed by atoms with van der Waals surface area (Å²) >= 11 is 6.27. The van der Waals surface area contributed by atoms with E-state index in [1.807, 2.05) is 25.1 Å². The van der Waals surface area contributed by atoms with E-state index in [4.69, 9.17) is 17.3 Å². The van der Waals surface area contributed by atoms with Gasteiger partial charge in [-0.05, 0) is 66.9 Å². The van der Waals surface area contributed by atoms with Crippen molar-refractivity contribution < 1.29 is 17.6 Å². The maximum atomic E-state index is 14.5. The van der Waals surface area contributed by atoms with E-state index in [2.05, 4.69) is 4.90 Å². The summed E-state index contributed by atoms with van der Waals surface area (Å²) < 4.78 is 43.9.